The molecule has 0 aliphatic heterocycles. The third-order valence-electron chi connectivity index (χ3n) is 7.49. The lowest BCUT2D eigenvalue weighted by molar-refractivity contribution is 0.591. The first kappa shape index (κ1) is 30.2. The van der Waals surface area contributed by atoms with Crippen LogP contribution in [0.2, 0.25) is 0 Å². The zero-order chi connectivity index (χ0) is 31.8. The fraction of sp³-hybridized carbons (Fsp3) is 0.222. The Labute approximate surface area is 253 Å². The summed E-state index contributed by atoms with van der Waals surface area (Å²) in [5, 5.41) is 1.14. The van der Waals surface area contributed by atoms with Gasteiger partial charge in [-0.15, -0.1) is 0 Å². The van der Waals surface area contributed by atoms with Crippen molar-refractivity contribution in [3.05, 3.63) is 137 Å². The van der Waals surface area contributed by atoms with Crippen LogP contribution in [0.3, 0.4) is 0 Å². The van der Waals surface area contributed by atoms with Gasteiger partial charge in [0.1, 0.15) is 0 Å². The molecule has 224 valence electrons. The monoisotopic (exact) mass is 588 g/mol. The van der Waals surface area contributed by atoms with E-state index in [1.807, 2.05) is 41.5 Å². The lowest BCUT2D eigenvalue weighted by Crippen LogP contribution is -2.15. The second-order valence-corrected chi connectivity index (χ2v) is 13.0. The van der Waals surface area contributed by atoms with Crippen LogP contribution in [0, 0.1) is 0 Å². The molecular weight excluding hydrogens is 552 g/mol. The molecule has 0 amide bonds. The molecule has 4 bridgehead atoms. The number of hydrogen-bond donors (Lipinski definition) is 4. The minimum atomic E-state index is -0.433. The van der Waals surface area contributed by atoms with Gasteiger partial charge < -0.3 is 19.9 Å². The van der Waals surface area contributed by atoms with Crippen molar-refractivity contribution in [1.29, 1.82) is 0 Å². The summed E-state index contributed by atoms with van der Waals surface area (Å²) in [4.78, 5) is 66.1. The largest absolute Gasteiger partial charge is 0.320 e. The summed E-state index contributed by atoms with van der Waals surface area (Å²) in [6.45, 7) is 12.0. The standard InChI is InChI=1S/C36H36N4O4/c1-35(2,3)25-17-21-15-22(18-25)32(42)38-28-12-8-10-14-30(28)40-34(44)24-16-23(19-26(20-24)36(4,5)6)33(43)39-29-13-9-7-11-27(29)37-31(21)41/h7-20H,1-6H3,(H,37,41)(H,38,42)(H,39,43)(H,40,44). The molecule has 0 spiro atoms. The first-order chi connectivity index (χ1) is 20.7. The molecule has 0 unspecified atom stereocenters. The van der Waals surface area contributed by atoms with E-state index in [9.17, 15) is 19.2 Å². The summed E-state index contributed by atoms with van der Waals surface area (Å²) in [5.74, 6) is 0. The Kier molecular flexibility index (Phi) is 7.86. The molecule has 5 rings (SSSR count). The molecule has 1 heterocycles. The van der Waals surface area contributed by atoms with E-state index < -0.39 is 22.2 Å². The van der Waals surface area contributed by atoms with Crippen LogP contribution in [-0.4, -0.2) is 19.9 Å². The molecule has 8 nitrogen and oxygen atoms in total. The third kappa shape index (κ3) is 6.54. The van der Waals surface area contributed by atoms with Gasteiger partial charge in [0.15, 0.2) is 0 Å². The van der Waals surface area contributed by atoms with Gasteiger partial charge in [-0.3, -0.25) is 19.2 Å². The van der Waals surface area contributed by atoms with E-state index in [1.54, 1.807) is 72.8 Å². The number of aromatic amines is 4. The lowest BCUT2D eigenvalue weighted by atomic mass is 9.86. The normalized spacial score (nSPS) is 11.8. The first-order valence-corrected chi connectivity index (χ1v) is 14.4. The van der Waals surface area contributed by atoms with Crippen molar-refractivity contribution in [1.82, 2.24) is 19.9 Å². The maximum Gasteiger partial charge on any atom is 0.255 e. The minimum Gasteiger partial charge on any atom is -0.320 e. The molecule has 1 aromatic heterocycles. The number of rotatable bonds is 0. The second-order valence-electron chi connectivity index (χ2n) is 13.0. The Hall–Kier alpha value is -5.24. The van der Waals surface area contributed by atoms with E-state index >= 15 is 0 Å². The zero-order valence-electron chi connectivity index (χ0n) is 25.7. The van der Waals surface area contributed by atoms with Crippen molar-refractivity contribution in [3.8, 4) is 0 Å². The minimum absolute atomic E-state index is 0.286. The second kappa shape index (κ2) is 11.4. The average Bonchev–Trinajstić information content (AvgIpc) is 2.97. The highest BCUT2D eigenvalue weighted by Gasteiger charge is 2.16. The number of fused-ring (bicyclic) bond motifs is 6. The van der Waals surface area contributed by atoms with Crippen molar-refractivity contribution in [2.75, 3.05) is 0 Å². The maximum atomic E-state index is 13.6. The van der Waals surface area contributed by atoms with Crippen LogP contribution in [0.25, 0.3) is 43.6 Å². The molecule has 0 saturated carbocycles. The predicted molar refractivity (Wildman–Crippen MR) is 180 cm³/mol. The van der Waals surface area contributed by atoms with Crippen molar-refractivity contribution >= 4 is 43.6 Å². The Bertz CT molecular complexity index is 2030. The SMILES string of the molecule is CC(C)(C)c1cc2cc(c1)c(=O)[nH]c1ccccc1[nH]c(=O)c1cc(C(C)(C)C)cc(c1)c(=O)[nH]c1ccccc1[nH]c2=O. The van der Waals surface area contributed by atoms with Crippen LogP contribution < -0.4 is 22.2 Å². The highest BCUT2D eigenvalue weighted by Crippen LogP contribution is 2.25. The Morgan fingerprint density at radius 2 is 0.614 bits per heavy atom. The highest BCUT2D eigenvalue weighted by atomic mass is 16.1. The number of nitrogens with one attached hydrogen (secondary N) is 4. The summed E-state index contributed by atoms with van der Waals surface area (Å²) in [7, 11) is 0. The third-order valence-corrected chi connectivity index (χ3v) is 7.49. The fourth-order valence-corrected chi connectivity index (χ4v) is 4.83. The Balaban J connectivity index is 2.09. The smallest absolute Gasteiger partial charge is 0.255 e. The summed E-state index contributed by atoms with van der Waals surface area (Å²) in [6, 6.07) is 23.9. The van der Waals surface area contributed by atoms with Crippen LogP contribution in [0.4, 0.5) is 0 Å². The quantitative estimate of drug-likeness (QED) is 0.165. The molecule has 5 aromatic rings. The van der Waals surface area contributed by atoms with Crippen LogP contribution >= 0.6 is 0 Å². The summed E-state index contributed by atoms with van der Waals surface area (Å²) in [6.07, 6.45) is 0. The van der Waals surface area contributed by atoms with Gasteiger partial charge in [-0.2, -0.15) is 0 Å². The maximum absolute atomic E-state index is 13.6. The number of para-hydroxylation sites is 4. The molecule has 0 atom stereocenters. The van der Waals surface area contributed by atoms with E-state index in [0.717, 1.165) is 11.1 Å². The Morgan fingerprint density at radius 1 is 0.386 bits per heavy atom. The lowest BCUT2D eigenvalue weighted by Gasteiger charge is -2.19. The molecule has 0 radical (unpaired) electrons. The van der Waals surface area contributed by atoms with E-state index in [4.69, 9.17) is 0 Å². The highest BCUT2D eigenvalue weighted by molar-refractivity contribution is 5.77. The van der Waals surface area contributed by atoms with Gasteiger partial charge >= 0.3 is 0 Å². The van der Waals surface area contributed by atoms with Crippen LogP contribution in [-0.2, 0) is 10.8 Å². The predicted octanol–water partition coefficient (Wildman–Crippen LogP) is 6.46. The average molecular weight is 589 g/mol. The van der Waals surface area contributed by atoms with E-state index in [-0.39, 0.29) is 32.4 Å². The first-order valence-electron chi connectivity index (χ1n) is 14.4. The van der Waals surface area contributed by atoms with Crippen LogP contribution in [0.15, 0.2) is 104 Å². The van der Waals surface area contributed by atoms with E-state index in [2.05, 4.69) is 19.9 Å². The number of benzene rings is 4. The summed E-state index contributed by atoms with van der Waals surface area (Å²) in [5.41, 5.74) is 0.678. The van der Waals surface area contributed by atoms with Crippen molar-refractivity contribution < 1.29 is 0 Å². The summed E-state index contributed by atoms with van der Waals surface area (Å²) < 4.78 is 0. The van der Waals surface area contributed by atoms with Crippen molar-refractivity contribution in [2.24, 2.45) is 0 Å². The van der Waals surface area contributed by atoms with Crippen LogP contribution in [0.1, 0.15) is 52.7 Å². The molecule has 0 fully saturated rings. The number of aromatic nitrogens is 4. The van der Waals surface area contributed by atoms with Gasteiger partial charge in [0.05, 0.1) is 22.1 Å². The Morgan fingerprint density at radius 3 is 0.818 bits per heavy atom. The molecule has 4 N–H and O–H groups in total. The summed E-state index contributed by atoms with van der Waals surface area (Å²) >= 11 is 0. The molecule has 4 aromatic carbocycles. The molecule has 8 heteroatoms. The fourth-order valence-electron chi connectivity index (χ4n) is 4.83. The van der Waals surface area contributed by atoms with Gasteiger partial charge in [-0.1, -0.05) is 65.8 Å². The van der Waals surface area contributed by atoms with E-state index in [1.165, 1.54) is 12.1 Å². The number of hydrogen-bond acceptors (Lipinski definition) is 4. The molecular formula is C36H36N4O4. The van der Waals surface area contributed by atoms with Gasteiger partial charge in [-0.05, 0) is 82.6 Å². The van der Waals surface area contributed by atoms with Gasteiger partial charge in [0.25, 0.3) is 22.2 Å². The van der Waals surface area contributed by atoms with E-state index in [0.29, 0.717) is 22.1 Å². The molecule has 44 heavy (non-hydrogen) atoms. The number of H-pyrrole nitrogens is 4. The van der Waals surface area contributed by atoms with Crippen molar-refractivity contribution in [2.45, 2.75) is 52.4 Å². The van der Waals surface area contributed by atoms with Crippen molar-refractivity contribution in [3.63, 3.8) is 0 Å². The van der Waals surface area contributed by atoms with Gasteiger partial charge in [0.2, 0.25) is 0 Å². The van der Waals surface area contributed by atoms with Gasteiger partial charge in [0, 0.05) is 21.5 Å². The topological polar surface area (TPSA) is 131 Å². The van der Waals surface area contributed by atoms with Crippen LogP contribution in [0.5, 0.6) is 0 Å². The molecule has 0 aliphatic carbocycles. The molecule has 0 aliphatic rings. The van der Waals surface area contributed by atoms with Gasteiger partial charge in [-0.25, -0.2) is 0 Å². The zero-order valence-corrected chi connectivity index (χ0v) is 25.7. The molecule has 0 saturated heterocycles.